The number of carbonyl (C=O) groups is 2. The van der Waals surface area contributed by atoms with Crippen molar-refractivity contribution in [3.05, 3.63) is 101 Å². The van der Waals surface area contributed by atoms with Gasteiger partial charge in [0.2, 0.25) is 5.91 Å². The zero-order valence-electron chi connectivity index (χ0n) is 21.3. The molecule has 0 aliphatic carbocycles. The van der Waals surface area contributed by atoms with Gasteiger partial charge < -0.3 is 9.80 Å². The lowest BCUT2D eigenvalue weighted by Crippen LogP contribution is -2.48. The quantitative estimate of drug-likeness (QED) is 0.350. The fourth-order valence-corrected chi connectivity index (χ4v) is 5.43. The molecule has 8 nitrogen and oxygen atoms in total. The smallest absolute Gasteiger partial charge is 0.274 e. The predicted molar refractivity (Wildman–Crippen MR) is 144 cm³/mol. The van der Waals surface area contributed by atoms with E-state index in [1.54, 1.807) is 70.2 Å². The van der Waals surface area contributed by atoms with Gasteiger partial charge in [-0.1, -0.05) is 24.3 Å². The molecule has 1 fully saturated rings. The molecule has 0 spiro atoms. The molecule has 194 valence electrons. The maximum absolute atomic E-state index is 15.0. The van der Waals surface area contributed by atoms with E-state index in [1.807, 2.05) is 18.2 Å². The Morgan fingerprint density at radius 3 is 2.56 bits per heavy atom. The van der Waals surface area contributed by atoms with E-state index in [1.165, 1.54) is 0 Å². The Balaban J connectivity index is 1.24. The highest BCUT2D eigenvalue weighted by Gasteiger charge is 2.38. The second-order valence-corrected chi connectivity index (χ2v) is 9.86. The third kappa shape index (κ3) is 4.34. The molecule has 4 aromatic rings. The zero-order valence-corrected chi connectivity index (χ0v) is 21.3. The molecule has 0 radical (unpaired) electrons. The Labute approximate surface area is 225 Å². The average Bonchev–Trinajstić information content (AvgIpc) is 3.57. The van der Waals surface area contributed by atoms with Crippen molar-refractivity contribution in [1.29, 1.82) is 0 Å². The summed E-state index contributed by atoms with van der Waals surface area (Å²) in [7, 11) is 0. The van der Waals surface area contributed by atoms with E-state index in [9.17, 15) is 14.0 Å². The summed E-state index contributed by atoms with van der Waals surface area (Å²) in [4.78, 5) is 37.4. The van der Waals surface area contributed by atoms with Gasteiger partial charge in [-0.05, 0) is 61.2 Å². The maximum atomic E-state index is 15.0. The second kappa shape index (κ2) is 9.80. The van der Waals surface area contributed by atoms with Crippen LogP contribution in [0.2, 0.25) is 0 Å². The molecule has 1 saturated heterocycles. The number of hydrogen-bond acceptors (Lipinski definition) is 4. The molecule has 9 heteroatoms. The van der Waals surface area contributed by atoms with Gasteiger partial charge in [-0.25, -0.2) is 13.9 Å². The molecule has 2 aromatic carbocycles. The Hall–Kier alpha value is -4.84. The molecule has 6 rings (SSSR count). The zero-order chi connectivity index (χ0) is 27.1. The van der Waals surface area contributed by atoms with Crippen molar-refractivity contribution in [2.24, 2.45) is 0 Å². The predicted octanol–water partition coefficient (Wildman–Crippen LogP) is 5.13. The van der Waals surface area contributed by atoms with Crippen LogP contribution in [0.3, 0.4) is 0 Å². The van der Waals surface area contributed by atoms with E-state index in [-0.39, 0.29) is 30.1 Å². The molecule has 0 bridgehead atoms. The SMILES string of the molecule is [C-]#[N+]c1ccc(-n2nc(C(=O)N3CCC(N4C(=O)Cc5ccc(C)c(F)c54)CC3)cc2-c2cccnc2)cc1. The minimum absolute atomic E-state index is 0.0941. The number of aromatic nitrogens is 3. The highest BCUT2D eigenvalue weighted by atomic mass is 19.1. The summed E-state index contributed by atoms with van der Waals surface area (Å²) in [5.41, 5.74) is 4.69. The molecule has 2 aliphatic rings. The number of fused-ring (bicyclic) bond motifs is 1. The van der Waals surface area contributed by atoms with Crippen LogP contribution in [0, 0.1) is 19.3 Å². The molecule has 0 unspecified atom stereocenters. The first-order chi connectivity index (χ1) is 18.9. The minimum Gasteiger partial charge on any atom is -0.337 e. The van der Waals surface area contributed by atoms with Gasteiger partial charge in [0.05, 0.1) is 30.1 Å². The number of piperidine rings is 1. The molecular formula is C30H25FN6O2. The highest BCUT2D eigenvalue weighted by molar-refractivity contribution is 6.02. The molecule has 0 saturated carbocycles. The molecule has 39 heavy (non-hydrogen) atoms. The molecule has 4 heterocycles. The van der Waals surface area contributed by atoms with Gasteiger partial charge in [0.25, 0.3) is 5.91 Å². The Morgan fingerprint density at radius 1 is 1.10 bits per heavy atom. The lowest BCUT2D eigenvalue weighted by Gasteiger charge is -2.37. The van der Waals surface area contributed by atoms with Crippen LogP contribution < -0.4 is 4.90 Å². The second-order valence-electron chi connectivity index (χ2n) is 9.86. The van der Waals surface area contributed by atoms with Gasteiger partial charge >= 0.3 is 0 Å². The largest absolute Gasteiger partial charge is 0.337 e. The monoisotopic (exact) mass is 520 g/mol. The first-order valence-corrected chi connectivity index (χ1v) is 12.8. The van der Waals surface area contributed by atoms with Crippen LogP contribution in [-0.2, 0) is 11.2 Å². The first kappa shape index (κ1) is 24.5. The minimum atomic E-state index is -0.338. The number of aryl methyl sites for hydroxylation is 1. The lowest BCUT2D eigenvalue weighted by molar-refractivity contribution is -0.118. The number of anilines is 1. The number of nitrogens with zero attached hydrogens (tertiary/aromatic N) is 6. The van der Waals surface area contributed by atoms with E-state index in [2.05, 4.69) is 14.9 Å². The van der Waals surface area contributed by atoms with Crippen molar-refractivity contribution in [3.8, 4) is 16.9 Å². The number of halogens is 1. The van der Waals surface area contributed by atoms with Gasteiger partial charge in [-0.15, -0.1) is 0 Å². The molecular weight excluding hydrogens is 495 g/mol. The highest BCUT2D eigenvalue weighted by Crippen LogP contribution is 2.37. The number of hydrogen-bond donors (Lipinski definition) is 0. The summed E-state index contributed by atoms with van der Waals surface area (Å²) in [5.74, 6) is -0.636. The van der Waals surface area contributed by atoms with E-state index in [0.717, 1.165) is 16.8 Å². The summed E-state index contributed by atoms with van der Waals surface area (Å²) in [6.45, 7) is 9.78. The van der Waals surface area contributed by atoms with Gasteiger partial charge in [0.1, 0.15) is 5.82 Å². The third-order valence-electron chi connectivity index (χ3n) is 7.47. The van der Waals surface area contributed by atoms with Crippen LogP contribution in [0.5, 0.6) is 0 Å². The molecule has 0 N–H and O–H groups in total. The molecule has 2 aromatic heterocycles. The van der Waals surface area contributed by atoms with Crippen LogP contribution in [0.1, 0.15) is 34.5 Å². The summed E-state index contributed by atoms with van der Waals surface area (Å²) in [5, 5.41) is 4.65. The van der Waals surface area contributed by atoms with Gasteiger partial charge in [0, 0.05) is 37.1 Å². The Bertz CT molecular complexity index is 1620. The summed E-state index contributed by atoms with van der Waals surface area (Å²) in [6.07, 6.45) is 4.71. The third-order valence-corrected chi connectivity index (χ3v) is 7.47. The van der Waals surface area contributed by atoms with Crippen LogP contribution in [0.15, 0.2) is 67.0 Å². The van der Waals surface area contributed by atoms with Gasteiger partial charge in [0.15, 0.2) is 11.4 Å². The van der Waals surface area contributed by atoms with Crippen LogP contribution in [-0.4, -0.2) is 50.6 Å². The van der Waals surface area contributed by atoms with E-state index >= 15 is 0 Å². The van der Waals surface area contributed by atoms with Crippen molar-refractivity contribution in [1.82, 2.24) is 19.7 Å². The first-order valence-electron chi connectivity index (χ1n) is 12.8. The maximum Gasteiger partial charge on any atom is 0.274 e. The van der Waals surface area contributed by atoms with E-state index < -0.39 is 0 Å². The van der Waals surface area contributed by atoms with Crippen molar-refractivity contribution in [2.45, 2.75) is 32.2 Å². The summed E-state index contributed by atoms with van der Waals surface area (Å²) >= 11 is 0. The molecule has 2 amide bonds. The average molecular weight is 521 g/mol. The van der Waals surface area contributed by atoms with E-state index in [4.69, 9.17) is 6.57 Å². The topological polar surface area (TPSA) is 75.7 Å². The van der Waals surface area contributed by atoms with Crippen LogP contribution in [0.4, 0.5) is 15.8 Å². The standard InChI is InChI=1S/C30H25FN6O2/c1-19-5-6-20-16-27(38)36(29(20)28(19)31)23-11-14-35(15-12-23)30(39)25-17-26(21-4-3-13-33-18-21)37(34-25)24-9-7-22(32-2)8-10-24/h3-10,13,17-18,23H,11-12,14-16H2,1H3. The van der Waals surface area contributed by atoms with Gasteiger partial charge in [-0.2, -0.15) is 5.10 Å². The normalized spacial score (nSPS) is 15.4. The van der Waals surface area contributed by atoms with Gasteiger partial charge in [-0.3, -0.25) is 14.6 Å². The number of likely N-dealkylation sites (tertiary alicyclic amines) is 1. The molecule has 0 atom stereocenters. The van der Waals surface area contributed by atoms with Crippen molar-refractivity contribution in [2.75, 3.05) is 18.0 Å². The van der Waals surface area contributed by atoms with Crippen molar-refractivity contribution in [3.63, 3.8) is 0 Å². The van der Waals surface area contributed by atoms with Crippen LogP contribution in [0.25, 0.3) is 21.8 Å². The summed E-state index contributed by atoms with van der Waals surface area (Å²) < 4.78 is 16.7. The van der Waals surface area contributed by atoms with E-state index in [0.29, 0.717) is 54.3 Å². The molecule has 2 aliphatic heterocycles. The fourth-order valence-electron chi connectivity index (χ4n) is 5.43. The Kier molecular flexibility index (Phi) is 6.15. The number of amides is 2. The number of rotatable bonds is 4. The van der Waals surface area contributed by atoms with Crippen LogP contribution >= 0.6 is 0 Å². The number of benzene rings is 2. The Morgan fingerprint density at radius 2 is 1.87 bits per heavy atom. The fraction of sp³-hybridized carbons (Fsp3) is 0.233. The van der Waals surface area contributed by atoms with Crippen molar-refractivity contribution < 1.29 is 14.0 Å². The van der Waals surface area contributed by atoms with Crippen molar-refractivity contribution >= 4 is 23.2 Å². The number of pyridine rings is 1. The number of carbonyl (C=O) groups excluding carboxylic acids is 2. The lowest BCUT2D eigenvalue weighted by atomic mass is 10.0. The summed E-state index contributed by atoms with van der Waals surface area (Å²) in [6, 6.07) is 15.9.